The van der Waals surface area contributed by atoms with Crippen LogP contribution in [0.5, 0.6) is 0 Å². The molecule has 0 unspecified atom stereocenters. The van der Waals surface area contributed by atoms with Crippen LogP contribution in [0.4, 0.5) is 4.39 Å². The average Bonchev–Trinajstić information content (AvgIpc) is 3.17. The van der Waals surface area contributed by atoms with Crippen LogP contribution in [0.2, 0.25) is 0 Å². The molecule has 3 aliphatic rings. The first kappa shape index (κ1) is 22.3. The van der Waals surface area contributed by atoms with E-state index in [1.807, 2.05) is 49.5 Å². The van der Waals surface area contributed by atoms with Crippen LogP contribution >= 0.6 is 12.4 Å². The Kier molecular flexibility index (Phi) is 6.20. The Bertz CT molecular complexity index is 1080. The fourth-order valence-electron chi connectivity index (χ4n) is 5.08. The molecule has 1 aromatic heterocycles. The van der Waals surface area contributed by atoms with E-state index < -0.39 is 0 Å². The van der Waals surface area contributed by atoms with Crippen molar-refractivity contribution < 1.29 is 4.39 Å². The Hall–Kier alpha value is -2.92. The van der Waals surface area contributed by atoms with Gasteiger partial charge in [-0.05, 0) is 61.3 Å². The standard InChI is InChI=1S/C26H27FN4.ClH/c1-3-21(27)24-25(29-18(2)23(30-24)19-8-5-4-6-9-19)31-14-11-26(12-15-31)16-20-10-7-13-28-22(20)17-26;/h3-10,13,30H,1,11-12,14-17H2,2H3;1H/b24-21+;. The summed E-state index contributed by atoms with van der Waals surface area (Å²) < 4.78 is 14.9. The van der Waals surface area contributed by atoms with E-state index in [2.05, 4.69) is 27.8 Å². The van der Waals surface area contributed by atoms with Gasteiger partial charge >= 0.3 is 0 Å². The van der Waals surface area contributed by atoms with Gasteiger partial charge in [0.1, 0.15) is 11.5 Å². The number of aromatic nitrogens is 1. The van der Waals surface area contributed by atoms with E-state index in [1.54, 1.807) is 0 Å². The number of pyridine rings is 1. The zero-order valence-electron chi connectivity index (χ0n) is 18.3. The maximum atomic E-state index is 14.9. The quantitative estimate of drug-likeness (QED) is 0.662. The average molecular weight is 451 g/mol. The molecule has 4 nitrogen and oxygen atoms in total. The molecule has 1 saturated heterocycles. The van der Waals surface area contributed by atoms with E-state index in [-0.39, 0.29) is 23.6 Å². The molecule has 0 atom stereocenters. The van der Waals surface area contributed by atoms with Crippen LogP contribution in [-0.4, -0.2) is 28.8 Å². The van der Waals surface area contributed by atoms with Gasteiger partial charge in [0.15, 0.2) is 5.84 Å². The second-order valence-electron chi connectivity index (χ2n) is 8.76. The zero-order chi connectivity index (χ0) is 21.4. The molecule has 0 bridgehead atoms. The molecule has 3 heterocycles. The van der Waals surface area contributed by atoms with Crippen LogP contribution in [0.3, 0.4) is 0 Å². The van der Waals surface area contributed by atoms with E-state index in [9.17, 15) is 4.39 Å². The third-order valence-corrected chi connectivity index (χ3v) is 6.81. The van der Waals surface area contributed by atoms with Crippen LogP contribution in [0.15, 0.2) is 83.5 Å². The van der Waals surface area contributed by atoms with Crippen molar-refractivity contribution >= 4 is 23.9 Å². The first-order valence-corrected chi connectivity index (χ1v) is 10.9. The number of aliphatic imine (C=N–C) groups is 1. The molecule has 32 heavy (non-hydrogen) atoms. The lowest BCUT2D eigenvalue weighted by molar-refractivity contribution is 0.157. The second-order valence-corrected chi connectivity index (χ2v) is 8.76. The number of allylic oxidation sites excluding steroid dienone is 3. The van der Waals surface area contributed by atoms with Crippen LogP contribution in [0.1, 0.15) is 36.6 Å². The van der Waals surface area contributed by atoms with Gasteiger partial charge in [0.2, 0.25) is 0 Å². The summed E-state index contributed by atoms with van der Waals surface area (Å²) in [6, 6.07) is 14.2. The first-order chi connectivity index (χ1) is 15.1. The fourth-order valence-corrected chi connectivity index (χ4v) is 5.08. The third-order valence-electron chi connectivity index (χ3n) is 6.81. The summed E-state index contributed by atoms with van der Waals surface area (Å²) in [5, 5.41) is 3.32. The van der Waals surface area contributed by atoms with Gasteiger partial charge in [0.05, 0.1) is 11.4 Å². The lowest BCUT2D eigenvalue weighted by atomic mass is 9.76. The fraction of sp³-hybridized carbons (Fsp3) is 0.308. The monoisotopic (exact) mass is 450 g/mol. The maximum Gasteiger partial charge on any atom is 0.155 e. The summed E-state index contributed by atoms with van der Waals surface area (Å²) in [5.41, 5.74) is 6.01. The Morgan fingerprint density at radius 3 is 2.56 bits per heavy atom. The minimum absolute atomic E-state index is 0. The molecule has 1 aromatic carbocycles. The molecule has 2 aliphatic heterocycles. The third kappa shape index (κ3) is 3.97. The Morgan fingerprint density at radius 1 is 1.12 bits per heavy atom. The number of amidine groups is 1. The van der Waals surface area contributed by atoms with Gasteiger partial charge in [-0.3, -0.25) is 4.98 Å². The SMILES string of the molecule is C=C/C(F)=C1\NC(c2ccccc2)=C(C)N=C1N1CCC2(CC1)Cc1cccnc1C2.Cl. The predicted octanol–water partition coefficient (Wildman–Crippen LogP) is 5.44. The van der Waals surface area contributed by atoms with Gasteiger partial charge in [-0.2, -0.15) is 0 Å². The molecule has 1 N–H and O–H groups in total. The number of rotatable bonds is 2. The Labute approximate surface area is 195 Å². The largest absolute Gasteiger partial charge is 0.355 e. The van der Waals surface area contributed by atoms with Crippen LogP contribution in [-0.2, 0) is 12.8 Å². The topological polar surface area (TPSA) is 40.5 Å². The Balaban J connectivity index is 0.00000245. The number of fused-ring (bicyclic) bond motifs is 1. The molecular weight excluding hydrogens is 423 g/mol. The van der Waals surface area contributed by atoms with Crippen LogP contribution in [0, 0.1) is 5.41 Å². The summed E-state index contributed by atoms with van der Waals surface area (Å²) in [6.45, 7) is 7.33. The van der Waals surface area contributed by atoms with E-state index in [0.717, 1.165) is 55.7 Å². The highest BCUT2D eigenvalue weighted by Crippen LogP contribution is 2.44. The molecule has 6 heteroatoms. The molecule has 166 valence electrons. The number of nitrogens with one attached hydrogen (secondary N) is 1. The molecule has 2 aromatic rings. The van der Waals surface area contributed by atoms with E-state index in [1.165, 1.54) is 17.3 Å². The summed E-state index contributed by atoms with van der Waals surface area (Å²) in [6.07, 6.45) is 7.40. The number of likely N-dealkylation sites (tertiary alicyclic amines) is 1. The van der Waals surface area contributed by atoms with Gasteiger partial charge in [-0.25, -0.2) is 9.38 Å². The minimum atomic E-state index is -0.377. The smallest absolute Gasteiger partial charge is 0.155 e. The highest BCUT2D eigenvalue weighted by atomic mass is 35.5. The molecule has 0 amide bonds. The van der Waals surface area contributed by atoms with Gasteiger partial charge in [0.25, 0.3) is 0 Å². The maximum absolute atomic E-state index is 14.9. The molecular formula is C26H28ClFN4. The van der Waals surface area contributed by atoms with Crippen molar-refractivity contribution in [2.45, 2.75) is 32.6 Å². The molecule has 0 radical (unpaired) electrons. The highest BCUT2D eigenvalue weighted by molar-refractivity contribution is 6.03. The lowest BCUT2D eigenvalue weighted by Crippen LogP contribution is -2.46. The van der Waals surface area contributed by atoms with Crippen molar-refractivity contribution in [3.63, 3.8) is 0 Å². The Morgan fingerprint density at radius 2 is 1.88 bits per heavy atom. The predicted molar refractivity (Wildman–Crippen MR) is 130 cm³/mol. The van der Waals surface area contributed by atoms with Crippen molar-refractivity contribution in [2.75, 3.05) is 13.1 Å². The highest BCUT2D eigenvalue weighted by Gasteiger charge is 2.41. The summed E-state index contributed by atoms with van der Waals surface area (Å²) >= 11 is 0. The normalized spacial score (nSPS) is 20.8. The zero-order valence-corrected chi connectivity index (χ0v) is 19.1. The van der Waals surface area contributed by atoms with Crippen LogP contribution in [0.25, 0.3) is 5.70 Å². The number of piperidine rings is 1. The van der Waals surface area contributed by atoms with Gasteiger partial charge in [0, 0.05) is 25.0 Å². The van der Waals surface area contributed by atoms with Crippen molar-refractivity contribution in [1.29, 1.82) is 0 Å². The summed E-state index contributed by atoms with van der Waals surface area (Å²) in [7, 11) is 0. The number of benzene rings is 1. The molecule has 0 saturated carbocycles. The van der Waals surface area contributed by atoms with Gasteiger partial charge in [-0.15, -0.1) is 12.4 Å². The number of halogens is 2. The van der Waals surface area contributed by atoms with Crippen LogP contribution < -0.4 is 5.32 Å². The summed E-state index contributed by atoms with van der Waals surface area (Å²) in [5.74, 6) is 0.301. The van der Waals surface area contributed by atoms with Crippen molar-refractivity contribution in [1.82, 2.24) is 15.2 Å². The van der Waals surface area contributed by atoms with Crippen molar-refractivity contribution in [2.24, 2.45) is 10.4 Å². The van der Waals surface area contributed by atoms with Crippen molar-refractivity contribution in [3.8, 4) is 0 Å². The second kappa shape index (κ2) is 8.91. The van der Waals surface area contributed by atoms with Crippen molar-refractivity contribution in [3.05, 3.63) is 95.4 Å². The molecule has 1 spiro atoms. The molecule has 1 fully saturated rings. The number of nitrogens with zero attached hydrogens (tertiary/aromatic N) is 3. The van der Waals surface area contributed by atoms with E-state index >= 15 is 0 Å². The number of hydrogen-bond acceptors (Lipinski definition) is 4. The molecule has 1 aliphatic carbocycles. The van der Waals surface area contributed by atoms with E-state index in [0.29, 0.717) is 11.5 Å². The lowest BCUT2D eigenvalue weighted by Gasteiger charge is -2.41. The van der Waals surface area contributed by atoms with Gasteiger partial charge < -0.3 is 10.2 Å². The first-order valence-electron chi connectivity index (χ1n) is 10.9. The minimum Gasteiger partial charge on any atom is -0.355 e. The van der Waals surface area contributed by atoms with E-state index in [4.69, 9.17) is 4.99 Å². The number of hydrogen-bond donors (Lipinski definition) is 1. The van der Waals surface area contributed by atoms with Gasteiger partial charge in [-0.1, -0.05) is 43.0 Å². The summed E-state index contributed by atoms with van der Waals surface area (Å²) in [4.78, 5) is 11.7. The molecule has 5 rings (SSSR count).